The highest BCUT2D eigenvalue weighted by atomic mass is 79.9. The predicted octanol–water partition coefficient (Wildman–Crippen LogP) is 4.24. The Morgan fingerprint density at radius 1 is 1.10 bits per heavy atom. The fraction of sp³-hybridized carbons (Fsp3) is 0.294. The summed E-state index contributed by atoms with van der Waals surface area (Å²) < 4.78 is 12.4. The van der Waals surface area contributed by atoms with Crippen molar-refractivity contribution in [1.29, 1.82) is 0 Å². The number of benzene rings is 2. The van der Waals surface area contributed by atoms with Crippen molar-refractivity contribution in [3.63, 3.8) is 0 Å². The minimum absolute atomic E-state index is 0.0395. The first kappa shape index (κ1) is 15.9. The van der Waals surface area contributed by atoms with Crippen LogP contribution in [0.4, 0.5) is 0 Å². The van der Waals surface area contributed by atoms with Crippen molar-refractivity contribution in [1.82, 2.24) is 0 Å². The van der Waals surface area contributed by atoms with Crippen LogP contribution >= 0.6 is 15.9 Å². The summed E-state index contributed by atoms with van der Waals surface area (Å²) >= 11 is 3.41. The van der Waals surface area contributed by atoms with Crippen LogP contribution in [0.2, 0.25) is 0 Å². The third kappa shape index (κ3) is 4.76. The molecule has 0 saturated carbocycles. The first-order chi connectivity index (χ1) is 10.1. The van der Waals surface area contributed by atoms with Crippen LogP contribution in [0.1, 0.15) is 24.1 Å². The van der Waals surface area contributed by atoms with E-state index in [1.807, 2.05) is 50.2 Å². The Hall–Kier alpha value is -1.52. The third-order valence-electron chi connectivity index (χ3n) is 3.13. The van der Waals surface area contributed by atoms with Crippen molar-refractivity contribution >= 4 is 15.9 Å². The fourth-order valence-electron chi connectivity index (χ4n) is 1.99. The normalized spacial score (nSPS) is 12.0. The van der Waals surface area contributed by atoms with E-state index in [2.05, 4.69) is 22.0 Å². The van der Waals surface area contributed by atoms with Gasteiger partial charge in [0, 0.05) is 10.5 Å². The molecule has 1 atom stereocenters. The van der Waals surface area contributed by atoms with E-state index >= 15 is 0 Å². The van der Waals surface area contributed by atoms with Gasteiger partial charge in [0.15, 0.2) is 0 Å². The number of rotatable bonds is 6. The first-order valence-corrected chi connectivity index (χ1v) is 7.73. The lowest BCUT2D eigenvalue weighted by Gasteiger charge is -2.13. The molecule has 3 nitrogen and oxygen atoms in total. The van der Waals surface area contributed by atoms with Crippen molar-refractivity contribution in [2.24, 2.45) is 5.73 Å². The molecule has 0 fully saturated rings. The van der Waals surface area contributed by atoms with E-state index in [0.717, 1.165) is 27.1 Å². The quantitative estimate of drug-likeness (QED) is 0.793. The van der Waals surface area contributed by atoms with Crippen molar-refractivity contribution in [3.05, 3.63) is 58.1 Å². The molecule has 0 aliphatic rings. The average molecular weight is 350 g/mol. The maximum atomic E-state index is 5.87. The molecule has 0 heterocycles. The summed E-state index contributed by atoms with van der Waals surface area (Å²) in [6.45, 7) is 5.01. The zero-order valence-corrected chi connectivity index (χ0v) is 13.9. The van der Waals surface area contributed by atoms with Crippen molar-refractivity contribution in [2.75, 3.05) is 13.2 Å². The Morgan fingerprint density at radius 2 is 1.86 bits per heavy atom. The standard InChI is InChI=1S/C17H20BrNO2/c1-12-10-14(13(2)19)6-7-17(12)21-9-8-20-16-5-3-4-15(18)11-16/h3-7,10-11,13H,8-9,19H2,1-2H3/t13-/m0/s1. The lowest BCUT2D eigenvalue weighted by atomic mass is 10.1. The lowest BCUT2D eigenvalue weighted by molar-refractivity contribution is 0.216. The summed E-state index contributed by atoms with van der Waals surface area (Å²) in [6, 6.07) is 13.8. The van der Waals surface area contributed by atoms with E-state index in [1.165, 1.54) is 0 Å². The minimum Gasteiger partial charge on any atom is -0.490 e. The van der Waals surface area contributed by atoms with E-state index in [1.54, 1.807) is 0 Å². The van der Waals surface area contributed by atoms with Gasteiger partial charge in [0.2, 0.25) is 0 Å². The zero-order valence-electron chi connectivity index (χ0n) is 12.3. The fourth-order valence-corrected chi connectivity index (χ4v) is 2.36. The summed E-state index contributed by atoms with van der Waals surface area (Å²) in [5.41, 5.74) is 8.07. The van der Waals surface area contributed by atoms with Gasteiger partial charge in [-0.2, -0.15) is 0 Å². The minimum atomic E-state index is 0.0395. The van der Waals surface area contributed by atoms with E-state index in [4.69, 9.17) is 15.2 Å². The van der Waals surface area contributed by atoms with Gasteiger partial charge in [-0.3, -0.25) is 0 Å². The number of aryl methyl sites for hydroxylation is 1. The molecule has 0 aliphatic carbocycles. The second-order valence-electron chi connectivity index (χ2n) is 4.97. The molecule has 0 saturated heterocycles. The molecule has 0 aromatic heterocycles. The summed E-state index contributed by atoms with van der Waals surface area (Å²) in [4.78, 5) is 0. The third-order valence-corrected chi connectivity index (χ3v) is 3.62. The molecule has 21 heavy (non-hydrogen) atoms. The number of hydrogen-bond donors (Lipinski definition) is 1. The highest BCUT2D eigenvalue weighted by Gasteiger charge is 2.04. The van der Waals surface area contributed by atoms with Crippen LogP contribution in [0.5, 0.6) is 11.5 Å². The van der Waals surface area contributed by atoms with Gasteiger partial charge in [0.05, 0.1) is 0 Å². The maximum Gasteiger partial charge on any atom is 0.122 e. The molecule has 0 aliphatic heterocycles. The largest absolute Gasteiger partial charge is 0.490 e. The highest BCUT2D eigenvalue weighted by Crippen LogP contribution is 2.22. The first-order valence-electron chi connectivity index (χ1n) is 6.93. The summed E-state index contributed by atoms with van der Waals surface area (Å²) in [5.74, 6) is 1.70. The van der Waals surface area contributed by atoms with Crippen LogP contribution in [0.25, 0.3) is 0 Å². The Kier molecular flexibility index (Phi) is 5.65. The van der Waals surface area contributed by atoms with Gasteiger partial charge in [-0.15, -0.1) is 0 Å². The van der Waals surface area contributed by atoms with Crippen LogP contribution in [-0.2, 0) is 0 Å². The van der Waals surface area contributed by atoms with Gasteiger partial charge in [-0.1, -0.05) is 34.1 Å². The number of hydrogen-bond acceptors (Lipinski definition) is 3. The molecule has 112 valence electrons. The Labute approximate surface area is 134 Å². The maximum absolute atomic E-state index is 5.87. The molecule has 0 amide bonds. The smallest absolute Gasteiger partial charge is 0.122 e. The average Bonchev–Trinajstić information content (AvgIpc) is 2.45. The van der Waals surface area contributed by atoms with Crippen molar-refractivity contribution < 1.29 is 9.47 Å². The van der Waals surface area contributed by atoms with Crippen LogP contribution in [0.15, 0.2) is 46.9 Å². The molecule has 4 heteroatoms. The predicted molar refractivity (Wildman–Crippen MR) is 88.9 cm³/mol. The van der Waals surface area contributed by atoms with Crippen molar-refractivity contribution in [2.45, 2.75) is 19.9 Å². The molecule has 2 aromatic carbocycles. The Bertz CT molecular complexity index is 599. The molecule has 2 N–H and O–H groups in total. The van der Waals surface area contributed by atoms with Crippen molar-refractivity contribution in [3.8, 4) is 11.5 Å². The van der Waals surface area contributed by atoms with Crippen LogP contribution in [-0.4, -0.2) is 13.2 Å². The van der Waals surface area contributed by atoms with E-state index in [9.17, 15) is 0 Å². The topological polar surface area (TPSA) is 44.5 Å². The summed E-state index contributed by atoms with van der Waals surface area (Å²) in [7, 11) is 0. The molecule has 0 radical (unpaired) electrons. The summed E-state index contributed by atoms with van der Waals surface area (Å²) in [6.07, 6.45) is 0. The number of halogens is 1. The van der Waals surface area contributed by atoms with E-state index in [-0.39, 0.29) is 6.04 Å². The van der Waals surface area contributed by atoms with Crippen LogP contribution in [0, 0.1) is 6.92 Å². The SMILES string of the molecule is Cc1cc([C@H](C)N)ccc1OCCOc1cccc(Br)c1. The monoisotopic (exact) mass is 349 g/mol. The Morgan fingerprint density at radius 3 is 2.52 bits per heavy atom. The second kappa shape index (κ2) is 7.48. The lowest BCUT2D eigenvalue weighted by Crippen LogP contribution is -2.10. The van der Waals surface area contributed by atoms with Gasteiger partial charge in [0.1, 0.15) is 24.7 Å². The van der Waals surface area contributed by atoms with Gasteiger partial charge in [-0.25, -0.2) is 0 Å². The van der Waals surface area contributed by atoms with Crippen LogP contribution in [0.3, 0.4) is 0 Å². The van der Waals surface area contributed by atoms with Gasteiger partial charge < -0.3 is 15.2 Å². The van der Waals surface area contributed by atoms with Gasteiger partial charge in [0.25, 0.3) is 0 Å². The number of ether oxygens (including phenoxy) is 2. The molecule has 2 aromatic rings. The Balaban J connectivity index is 1.83. The molecule has 0 spiro atoms. The molecular formula is C17H20BrNO2. The number of nitrogens with two attached hydrogens (primary N) is 1. The molecule has 0 unspecified atom stereocenters. The molecule has 2 rings (SSSR count). The van der Waals surface area contributed by atoms with Gasteiger partial charge in [-0.05, 0) is 49.2 Å². The van der Waals surface area contributed by atoms with Crippen LogP contribution < -0.4 is 15.2 Å². The molecule has 0 bridgehead atoms. The second-order valence-corrected chi connectivity index (χ2v) is 5.88. The zero-order chi connectivity index (χ0) is 15.2. The highest BCUT2D eigenvalue weighted by molar-refractivity contribution is 9.10. The van der Waals surface area contributed by atoms with Gasteiger partial charge >= 0.3 is 0 Å². The summed E-state index contributed by atoms with van der Waals surface area (Å²) in [5, 5.41) is 0. The molecular weight excluding hydrogens is 330 g/mol. The van der Waals surface area contributed by atoms with E-state index in [0.29, 0.717) is 13.2 Å². The van der Waals surface area contributed by atoms with E-state index < -0.39 is 0 Å².